The fraction of sp³-hybridized carbons (Fsp3) is 1.00. The number of hydrogen-bond acceptors (Lipinski definition) is 3. The van der Waals surface area contributed by atoms with Gasteiger partial charge >= 0.3 is 0 Å². The lowest BCUT2D eigenvalue weighted by molar-refractivity contribution is -0.298. The first-order valence-electron chi connectivity index (χ1n) is 5.79. The highest BCUT2D eigenvalue weighted by atomic mass is 16.7. The summed E-state index contributed by atoms with van der Waals surface area (Å²) in [6.07, 6.45) is 1.36. The van der Waals surface area contributed by atoms with Crippen LogP contribution in [-0.4, -0.2) is 29.7 Å². The van der Waals surface area contributed by atoms with Crippen LogP contribution < -0.4 is 0 Å². The van der Waals surface area contributed by atoms with Crippen LogP contribution in [-0.2, 0) is 9.47 Å². The van der Waals surface area contributed by atoms with Crippen LogP contribution >= 0.6 is 0 Å². The van der Waals surface area contributed by atoms with Gasteiger partial charge in [0.25, 0.3) is 0 Å². The van der Waals surface area contributed by atoms with Crippen molar-refractivity contribution >= 4 is 0 Å². The lowest BCUT2D eigenvalue weighted by atomic mass is 9.78. The Labute approximate surface area is 92.8 Å². The Kier molecular flexibility index (Phi) is 3.80. The first-order valence-corrected chi connectivity index (χ1v) is 5.79. The van der Waals surface area contributed by atoms with Crippen LogP contribution in [0.2, 0.25) is 0 Å². The van der Waals surface area contributed by atoms with E-state index in [1.807, 2.05) is 20.8 Å². The van der Waals surface area contributed by atoms with Crippen molar-refractivity contribution in [3.63, 3.8) is 0 Å². The van der Waals surface area contributed by atoms with Crippen LogP contribution in [0.15, 0.2) is 0 Å². The molecule has 90 valence electrons. The molecule has 0 saturated carbocycles. The molecular formula is C12H24O3. The molecule has 0 unspecified atom stereocenters. The zero-order valence-corrected chi connectivity index (χ0v) is 10.5. The SMILES string of the molecule is CC[C@@H](O)C(C)(C)[C@@H]1CCOC(C)(C)O1. The Hall–Kier alpha value is -0.120. The standard InChI is InChI=1S/C12H24O3/c1-6-9(13)11(2,3)10-7-8-14-12(4,5)15-10/h9-10,13H,6-8H2,1-5H3/t9-,10+/m1/s1. The molecule has 0 bridgehead atoms. The highest BCUT2D eigenvalue weighted by Crippen LogP contribution is 2.36. The van der Waals surface area contributed by atoms with E-state index in [2.05, 4.69) is 13.8 Å². The Morgan fingerprint density at radius 3 is 2.53 bits per heavy atom. The highest BCUT2D eigenvalue weighted by Gasteiger charge is 2.42. The topological polar surface area (TPSA) is 38.7 Å². The number of ether oxygens (including phenoxy) is 2. The maximum atomic E-state index is 9.99. The molecule has 2 atom stereocenters. The molecule has 0 radical (unpaired) electrons. The summed E-state index contributed by atoms with van der Waals surface area (Å²) in [7, 11) is 0. The quantitative estimate of drug-likeness (QED) is 0.787. The summed E-state index contributed by atoms with van der Waals surface area (Å²) in [4.78, 5) is 0. The molecule has 0 aromatic carbocycles. The predicted molar refractivity (Wildman–Crippen MR) is 59.6 cm³/mol. The van der Waals surface area contributed by atoms with E-state index in [9.17, 15) is 5.11 Å². The van der Waals surface area contributed by atoms with Crippen LogP contribution in [0.25, 0.3) is 0 Å². The summed E-state index contributed by atoms with van der Waals surface area (Å²) in [5.74, 6) is -0.520. The van der Waals surface area contributed by atoms with Crippen molar-refractivity contribution in [1.82, 2.24) is 0 Å². The summed E-state index contributed by atoms with van der Waals surface area (Å²) >= 11 is 0. The monoisotopic (exact) mass is 216 g/mol. The van der Waals surface area contributed by atoms with Gasteiger partial charge in [-0.05, 0) is 26.7 Å². The maximum Gasteiger partial charge on any atom is 0.163 e. The van der Waals surface area contributed by atoms with Crippen molar-refractivity contribution in [2.45, 2.75) is 65.5 Å². The second-order valence-electron chi connectivity index (χ2n) is 5.39. The number of aliphatic hydroxyl groups is 1. The number of rotatable bonds is 3. The Morgan fingerprint density at radius 2 is 2.07 bits per heavy atom. The third-order valence-corrected chi connectivity index (χ3v) is 3.33. The molecule has 15 heavy (non-hydrogen) atoms. The molecule has 0 amide bonds. The molecule has 1 fully saturated rings. The van der Waals surface area contributed by atoms with E-state index in [1.54, 1.807) is 0 Å². The molecule has 3 heteroatoms. The van der Waals surface area contributed by atoms with Crippen molar-refractivity contribution in [2.75, 3.05) is 6.61 Å². The minimum Gasteiger partial charge on any atom is -0.392 e. The van der Waals surface area contributed by atoms with Crippen molar-refractivity contribution in [2.24, 2.45) is 5.41 Å². The van der Waals surface area contributed by atoms with Gasteiger partial charge in [-0.2, -0.15) is 0 Å². The summed E-state index contributed by atoms with van der Waals surface area (Å²) in [6.45, 7) is 10.7. The van der Waals surface area contributed by atoms with Crippen molar-refractivity contribution in [1.29, 1.82) is 0 Å². The third-order valence-electron chi connectivity index (χ3n) is 3.33. The van der Waals surface area contributed by atoms with Gasteiger partial charge in [-0.25, -0.2) is 0 Å². The van der Waals surface area contributed by atoms with Crippen molar-refractivity contribution in [3.05, 3.63) is 0 Å². The van der Waals surface area contributed by atoms with Crippen LogP contribution in [0.4, 0.5) is 0 Å². The van der Waals surface area contributed by atoms with Gasteiger partial charge in [-0.15, -0.1) is 0 Å². The van der Waals surface area contributed by atoms with Crippen LogP contribution in [0.1, 0.15) is 47.5 Å². The summed E-state index contributed by atoms with van der Waals surface area (Å²) in [5, 5.41) is 9.99. The Bertz CT molecular complexity index is 211. The molecule has 1 rings (SSSR count). The van der Waals surface area contributed by atoms with Gasteiger partial charge in [0.2, 0.25) is 0 Å². The average Bonchev–Trinajstić information content (AvgIpc) is 2.15. The average molecular weight is 216 g/mol. The van der Waals surface area contributed by atoms with E-state index in [-0.39, 0.29) is 17.6 Å². The van der Waals surface area contributed by atoms with Gasteiger partial charge in [-0.3, -0.25) is 0 Å². The zero-order valence-electron chi connectivity index (χ0n) is 10.5. The van der Waals surface area contributed by atoms with E-state index < -0.39 is 5.79 Å². The molecule has 1 heterocycles. The van der Waals surface area contributed by atoms with E-state index in [4.69, 9.17) is 9.47 Å². The fourth-order valence-electron chi connectivity index (χ4n) is 2.11. The third kappa shape index (κ3) is 2.92. The van der Waals surface area contributed by atoms with Gasteiger partial charge in [0.1, 0.15) is 0 Å². The van der Waals surface area contributed by atoms with Gasteiger partial charge < -0.3 is 14.6 Å². The minimum absolute atomic E-state index is 0.0659. The van der Waals surface area contributed by atoms with E-state index in [0.717, 1.165) is 12.8 Å². The number of aliphatic hydroxyl groups excluding tert-OH is 1. The largest absolute Gasteiger partial charge is 0.392 e. The number of hydrogen-bond donors (Lipinski definition) is 1. The van der Waals surface area contributed by atoms with Crippen LogP contribution in [0.5, 0.6) is 0 Å². The molecule has 0 aromatic heterocycles. The maximum absolute atomic E-state index is 9.99. The second-order valence-corrected chi connectivity index (χ2v) is 5.39. The van der Waals surface area contributed by atoms with Crippen molar-refractivity contribution in [3.8, 4) is 0 Å². The molecule has 0 aliphatic carbocycles. The minimum atomic E-state index is -0.520. The molecule has 0 aromatic rings. The Morgan fingerprint density at radius 1 is 1.47 bits per heavy atom. The highest BCUT2D eigenvalue weighted by molar-refractivity contribution is 4.88. The molecule has 1 aliphatic rings. The lowest BCUT2D eigenvalue weighted by Crippen LogP contribution is -2.50. The van der Waals surface area contributed by atoms with Gasteiger partial charge in [0.05, 0.1) is 18.8 Å². The van der Waals surface area contributed by atoms with Crippen LogP contribution in [0, 0.1) is 5.41 Å². The molecule has 1 saturated heterocycles. The smallest absolute Gasteiger partial charge is 0.163 e. The zero-order chi connectivity index (χ0) is 11.7. The van der Waals surface area contributed by atoms with Crippen molar-refractivity contribution < 1.29 is 14.6 Å². The fourth-order valence-corrected chi connectivity index (χ4v) is 2.11. The first kappa shape index (κ1) is 12.9. The molecule has 1 aliphatic heterocycles. The summed E-state index contributed by atoms with van der Waals surface area (Å²) < 4.78 is 11.4. The van der Waals surface area contributed by atoms with E-state index in [0.29, 0.717) is 6.61 Å². The molecule has 3 nitrogen and oxygen atoms in total. The molecule has 1 N–H and O–H groups in total. The predicted octanol–water partition coefficient (Wildman–Crippen LogP) is 2.33. The lowest BCUT2D eigenvalue weighted by Gasteiger charge is -2.45. The van der Waals surface area contributed by atoms with Gasteiger partial charge in [0.15, 0.2) is 5.79 Å². The van der Waals surface area contributed by atoms with E-state index in [1.165, 1.54) is 0 Å². The second kappa shape index (κ2) is 4.40. The Balaban J connectivity index is 2.70. The molecular weight excluding hydrogens is 192 g/mol. The summed E-state index contributed by atoms with van der Waals surface area (Å²) in [5.41, 5.74) is -0.212. The normalized spacial score (nSPS) is 28.8. The van der Waals surface area contributed by atoms with Crippen LogP contribution in [0.3, 0.4) is 0 Å². The van der Waals surface area contributed by atoms with Gasteiger partial charge in [0, 0.05) is 5.41 Å². The first-order chi connectivity index (χ1) is 6.79. The summed E-state index contributed by atoms with van der Waals surface area (Å²) in [6, 6.07) is 0. The van der Waals surface area contributed by atoms with Gasteiger partial charge in [-0.1, -0.05) is 20.8 Å². The molecule has 0 spiro atoms. The van der Waals surface area contributed by atoms with E-state index >= 15 is 0 Å².